The summed E-state index contributed by atoms with van der Waals surface area (Å²) in [7, 11) is 1.41. The van der Waals surface area contributed by atoms with Gasteiger partial charge in [0.25, 0.3) is 0 Å². The topological polar surface area (TPSA) is 49.8 Å². The van der Waals surface area contributed by atoms with Gasteiger partial charge in [-0.3, -0.25) is 9.69 Å². The van der Waals surface area contributed by atoms with Gasteiger partial charge in [-0.15, -0.1) is 0 Å². The van der Waals surface area contributed by atoms with Gasteiger partial charge in [-0.25, -0.2) is 0 Å². The van der Waals surface area contributed by atoms with Crippen LogP contribution in [0.5, 0.6) is 0 Å². The number of hydrogen-bond donors (Lipinski definition) is 1. The van der Waals surface area contributed by atoms with E-state index in [4.69, 9.17) is 4.74 Å². The van der Waals surface area contributed by atoms with Gasteiger partial charge in [0.05, 0.1) is 19.3 Å². The lowest BCUT2D eigenvalue weighted by Gasteiger charge is -2.34. The Morgan fingerprint density at radius 2 is 2.06 bits per heavy atom. The highest BCUT2D eigenvalue weighted by atomic mass is 16.5. The zero-order valence-corrected chi connectivity index (χ0v) is 11.2. The van der Waals surface area contributed by atoms with E-state index in [0.29, 0.717) is 19.0 Å². The molecule has 1 unspecified atom stereocenters. The van der Waals surface area contributed by atoms with Crippen LogP contribution < -0.4 is 0 Å². The molecule has 100 valence electrons. The molecular formula is C13H25NO3. The molecule has 1 N–H and O–H groups in total. The molecule has 0 aromatic rings. The quantitative estimate of drug-likeness (QED) is 0.719. The minimum absolute atomic E-state index is 0.219. The molecular weight excluding hydrogens is 218 g/mol. The van der Waals surface area contributed by atoms with E-state index in [1.54, 1.807) is 0 Å². The summed E-state index contributed by atoms with van der Waals surface area (Å²) in [5, 5.41) is 10.1. The number of carbonyl (C=O) groups excluding carboxylic acids is 1. The molecule has 0 amide bonds. The second kappa shape index (κ2) is 6.36. The van der Waals surface area contributed by atoms with Crippen molar-refractivity contribution in [3.63, 3.8) is 0 Å². The van der Waals surface area contributed by atoms with Crippen LogP contribution in [0.15, 0.2) is 0 Å². The van der Waals surface area contributed by atoms with Crippen LogP contribution >= 0.6 is 0 Å². The van der Waals surface area contributed by atoms with E-state index in [1.807, 2.05) is 13.8 Å². The summed E-state index contributed by atoms with van der Waals surface area (Å²) < 4.78 is 4.73. The van der Waals surface area contributed by atoms with Crippen molar-refractivity contribution in [2.45, 2.75) is 57.6 Å². The van der Waals surface area contributed by atoms with Crippen LogP contribution in [0.25, 0.3) is 0 Å². The Hall–Kier alpha value is -0.610. The second-order valence-electron chi connectivity index (χ2n) is 5.27. The van der Waals surface area contributed by atoms with E-state index in [-0.39, 0.29) is 12.5 Å². The van der Waals surface area contributed by atoms with Crippen LogP contribution in [-0.2, 0) is 9.53 Å². The number of esters is 1. The number of nitrogens with zero attached hydrogens (tertiary/aromatic N) is 1. The molecule has 1 atom stereocenters. The Morgan fingerprint density at radius 3 is 2.53 bits per heavy atom. The minimum Gasteiger partial charge on any atom is -0.468 e. The third kappa shape index (κ3) is 4.64. The van der Waals surface area contributed by atoms with Crippen molar-refractivity contribution < 1.29 is 14.6 Å². The Morgan fingerprint density at radius 1 is 1.47 bits per heavy atom. The molecule has 1 fully saturated rings. The van der Waals surface area contributed by atoms with Crippen LogP contribution in [0.1, 0.15) is 46.0 Å². The normalized spacial score (nSPS) is 20.5. The van der Waals surface area contributed by atoms with Crippen molar-refractivity contribution in [2.24, 2.45) is 0 Å². The smallest absolute Gasteiger partial charge is 0.319 e. The first kappa shape index (κ1) is 14.5. The fourth-order valence-electron chi connectivity index (χ4n) is 2.36. The maximum atomic E-state index is 11.4. The molecule has 1 rings (SSSR count). The molecule has 4 nitrogen and oxygen atoms in total. The van der Waals surface area contributed by atoms with Crippen LogP contribution in [-0.4, -0.2) is 47.8 Å². The number of carbonyl (C=O) groups is 1. The van der Waals surface area contributed by atoms with E-state index in [0.717, 1.165) is 12.8 Å². The number of hydrogen-bond acceptors (Lipinski definition) is 4. The Kier molecular flexibility index (Phi) is 5.40. The molecule has 17 heavy (non-hydrogen) atoms. The summed E-state index contributed by atoms with van der Waals surface area (Å²) in [6.45, 7) is 4.62. The predicted molar refractivity (Wildman–Crippen MR) is 66.8 cm³/mol. The highest BCUT2D eigenvalue weighted by Gasteiger charge is 2.30. The summed E-state index contributed by atoms with van der Waals surface area (Å²) in [5.41, 5.74) is -0.726. The van der Waals surface area contributed by atoms with Crippen LogP contribution in [0, 0.1) is 0 Å². The van der Waals surface area contributed by atoms with Gasteiger partial charge in [-0.2, -0.15) is 0 Å². The van der Waals surface area contributed by atoms with E-state index < -0.39 is 5.60 Å². The summed E-state index contributed by atoms with van der Waals surface area (Å²) in [6.07, 6.45) is 5.37. The average Bonchev–Trinajstić information content (AvgIpc) is 2.81. The summed E-state index contributed by atoms with van der Waals surface area (Å²) in [6, 6.07) is 0.423. The number of rotatable bonds is 6. The number of methoxy groups -OCH3 is 1. The van der Waals surface area contributed by atoms with E-state index in [9.17, 15) is 9.90 Å². The predicted octanol–water partition coefficient (Wildman–Crippen LogP) is 1.56. The van der Waals surface area contributed by atoms with Gasteiger partial charge in [0.2, 0.25) is 0 Å². The molecule has 1 aliphatic carbocycles. The van der Waals surface area contributed by atoms with Crippen molar-refractivity contribution in [2.75, 3.05) is 20.2 Å². The minimum atomic E-state index is -0.726. The fourth-order valence-corrected chi connectivity index (χ4v) is 2.36. The zero-order valence-electron chi connectivity index (χ0n) is 11.2. The molecule has 0 aliphatic heterocycles. The number of ether oxygens (including phenoxy) is 1. The van der Waals surface area contributed by atoms with Crippen LogP contribution in [0.3, 0.4) is 0 Å². The average molecular weight is 243 g/mol. The molecule has 0 saturated heterocycles. The Bertz CT molecular complexity index is 247. The van der Waals surface area contributed by atoms with Crippen LogP contribution in [0.4, 0.5) is 0 Å². The van der Waals surface area contributed by atoms with Crippen molar-refractivity contribution >= 4 is 5.97 Å². The molecule has 0 radical (unpaired) electrons. The standard InChI is InChI=1S/C13H25NO3/c1-4-13(2,16)10-14(9-12(15)17-3)11-7-5-6-8-11/h11,16H,4-10H2,1-3H3. The lowest BCUT2D eigenvalue weighted by molar-refractivity contribution is -0.143. The van der Waals surface area contributed by atoms with E-state index >= 15 is 0 Å². The van der Waals surface area contributed by atoms with Crippen molar-refractivity contribution in [1.29, 1.82) is 0 Å². The van der Waals surface area contributed by atoms with E-state index in [1.165, 1.54) is 20.0 Å². The molecule has 0 aromatic carbocycles. The fraction of sp³-hybridized carbons (Fsp3) is 0.923. The maximum Gasteiger partial charge on any atom is 0.319 e. The highest BCUT2D eigenvalue weighted by Crippen LogP contribution is 2.25. The van der Waals surface area contributed by atoms with Gasteiger partial charge in [0.15, 0.2) is 0 Å². The van der Waals surface area contributed by atoms with Gasteiger partial charge < -0.3 is 9.84 Å². The molecule has 1 aliphatic rings. The van der Waals surface area contributed by atoms with Crippen molar-refractivity contribution in [1.82, 2.24) is 4.90 Å². The SMILES string of the molecule is CCC(C)(O)CN(CC(=O)OC)C1CCCC1. The summed E-state index contributed by atoms with van der Waals surface area (Å²) in [4.78, 5) is 13.5. The first-order valence-electron chi connectivity index (χ1n) is 6.52. The molecule has 0 heterocycles. The molecule has 4 heteroatoms. The van der Waals surface area contributed by atoms with Gasteiger partial charge in [0.1, 0.15) is 0 Å². The van der Waals surface area contributed by atoms with Crippen LogP contribution in [0.2, 0.25) is 0 Å². The molecule has 0 aromatic heterocycles. The van der Waals surface area contributed by atoms with Gasteiger partial charge in [-0.05, 0) is 26.2 Å². The highest BCUT2D eigenvalue weighted by molar-refractivity contribution is 5.71. The monoisotopic (exact) mass is 243 g/mol. The second-order valence-corrected chi connectivity index (χ2v) is 5.27. The lowest BCUT2D eigenvalue weighted by Crippen LogP contribution is -2.47. The van der Waals surface area contributed by atoms with Crippen molar-refractivity contribution in [3.8, 4) is 0 Å². The first-order chi connectivity index (χ1) is 7.98. The first-order valence-corrected chi connectivity index (χ1v) is 6.52. The van der Waals surface area contributed by atoms with Gasteiger partial charge in [-0.1, -0.05) is 19.8 Å². The molecule has 0 bridgehead atoms. The van der Waals surface area contributed by atoms with E-state index in [2.05, 4.69) is 4.90 Å². The summed E-state index contributed by atoms with van der Waals surface area (Å²) in [5.74, 6) is -0.219. The number of aliphatic hydroxyl groups is 1. The van der Waals surface area contributed by atoms with Gasteiger partial charge in [0, 0.05) is 12.6 Å². The van der Waals surface area contributed by atoms with Crippen molar-refractivity contribution in [3.05, 3.63) is 0 Å². The largest absolute Gasteiger partial charge is 0.468 e. The molecule has 1 saturated carbocycles. The molecule has 0 spiro atoms. The third-order valence-corrected chi connectivity index (χ3v) is 3.71. The lowest BCUT2D eigenvalue weighted by atomic mass is 10.0. The summed E-state index contributed by atoms with van der Waals surface area (Å²) >= 11 is 0. The third-order valence-electron chi connectivity index (χ3n) is 3.71. The Labute approximate surface area is 104 Å². The zero-order chi connectivity index (χ0) is 12.9. The Balaban J connectivity index is 2.61. The maximum absolute atomic E-state index is 11.4. The van der Waals surface area contributed by atoms with Gasteiger partial charge >= 0.3 is 5.97 Å².